The molecular formula is C11H14BrNO. The van der Waals surface area contributed by atoms with E-state index in [1.165, 1.54) is 0 Å². The zero-order valence-electron chi connectivity index (χ0n) is 8.22. The van der Waals surface area contributed by atoms with E-state index in [1.807, 2.05) is 6.07 Å². The van der Waals surface area contributed by atoms with Gasteiger partial charge in [-0.2, -0.15) is 0 Å². The SMILES string of the molecule is CCCCC(=O)c1ccc(Br)c(N)c1. The number of halogens is 1. The molecule has 0 saturated carbocycles. The van der Waals surface area contributed by atoms with Crippen LogP contribution in [0.15, 0.2) is 22.7 Å². The number of carbonyl (C=O) groups is 1. The van der Waals surface area contributed by atoms with Gasteiger partial charge < -0.3 is 5.73 Å². The molecule has 0 aromatic heterocycles. The molecule has 3 heteroatoms. The Kier molecular flexibility index (Phi) is 4.14. The van der Waals surface area contributed by atoms with Gasteiger partial charge in [0.05, 0.1) is 0 Å². The fraction of sp³-hybridized carbons (Fsp3) is 0.364. The minimum Gasteiger partial charge on any atom is -0.398 e. The van der Waals surface area contributed by atoms with Gasteiger partial charge in [0.1, 0.15) is 0 Å². The number of carbonyl (C=O) groups excluding carboxylic acids is 1. The Morgan fingerprint density at radius 3 is 2.79 bits per heavy atom. The largest absolute Gasteiger partial charge is 0.398 e. The van der Waals surface area contributed by atoms with Crippen LogP contribution in [0.1, 0.15) is 36.5 Å². The molecule has 2 nitrogen and oxygen atoms in total. The highest BCUT2D eigenvalue weighted by Gasteiger charge is 2.06. The van der Waals surface area contributed by atoms with Crippen molar-refractivity contribution < 1.29 is 4.79 Å². The Balaban J connectivity index is 2.76. The highest BCUT2D eigenvalue weighted by atomic mass is 79.9. The van der Waals surface area contributed by atoms with E-state index < -0.39 is 0 Å². The summed E-state index contributed by atoms with van der Waals surface area (Å²) in [4.78, 5) is 11.6. The Bertz CT molecular complexity index is 336. The Hall–Kier alpha value is -0.830. The number of anilines is 1. The molecule has 0 unspecified atom stereocenters. The van der Waals surface area contributed by atoms with Gasteiger partial charge in [-0.1, -0.05) is 19.4 Å². The van der Waals surface area contributed by atoms with Crippen molar-refractivity contribution in [2.24, 2.45) is 0 Å². The van der Waals surface area contributed by atoms with Crippen molar-refractivity contribution in [3.05, 3.63) is 28.2 Å². The summed E-state index contributed by atoms with van der Waals surface area (Å²) >= 11 is 3.29. The van der Waals surface area contributed by atoms with E-state index in [4.69, 9.17) is 5.73 Å². The van der Waals surface area contributed by atoms with E-state index in [-0.39, 0.29) is 5.78 Å². The van der Waals surface area contributed by atoms with Crippen LogP contribution in [0.3, 0.4) is 0 Å². The molecule has 14 heavy (non-hydrogen) atoms. The van der Waals surface area contributed by atoms with Gasteiger partial charge in [0.15, 0.2) is 5.78 Å². The number of nitrogens with two attached hydrogens (primary N) is 1. The number of nitrogen functional groups attached to an aromatic ring is 1. The molecular weight excluding hydrogens is 242 g/mol. The molecule has 76 valence electrons. The molecule has 0 spiro atoms. The fourth-order valence-electron chi connectivity index (χ4n) is 1.20. The summed E-state index contributed by atoms with van der Waals surface area (Å²) in [6.45, 7) is 2.07. The second-order valence-electron chi connectivity index (χ2n) is 3.26. The number of unbranched alkanes of at least 4 members (excludes halogenated alkanes) is 1. The van der Waals surface area contributed by atoms with Crippen LogP contribution in [-0.2, 0) is 0 Å². The molecule has 2 N–H and O–H groups in total. The lowest BCUT2D eigenvalue weighted by molar-refractivity contribution is 0.0980. The first-order chi connectivity index (χ1) is 6.65. The number of benzene rings is 1. The Morgan fingerprint density at radius 1 is 1.50 bits per heavy atom. The van der Waals surface area contributed by atoms with Crippen molar-refractivity contribution in [3.8, 4) is 0 Å². The van der Waals surface area contributed by atoms with Crippen LogP contribution in [-0.4, -0.2) is 5.78 Å². The fourth-order valence-corrected chi connectivity index (χ4v) is 1.45. The third kappa shape index (κ3) is 2.84. The summed E-state index contributed by atoms with van der Waals surface area (Å²) in [6.07, 6.45) is 2.59. The van der Waals surface area contributed by atoms with Crippen molar-refractivity contribution in [2.45, 2.75) is 26.2 Å². The van der Waals surface area contributed by atoms with E-state index in [1.54, 1.807) is 12.1 Å². The minimum atomic E-state index is 0.172. The first kappa shape index (κ1) is 11.2. The zero-order valence-corrected chi connectivity index (χ0v) is 9.80. The summed E-state index contributed by atoms with van der Waals surface area (Å²) < 4.78 is 0.838. The summed E-state index contributed by atoms with van der Waals surface area (Å²) in [6, 6.07) is 5.34. The van der Waals surface area contributed by atoms with Gasteiger partial charge in [0.2, 0.25) is 0 Å². The molecule has 0 heterocycles. The van der Waals surface area contributed by atoms with Crippen molar-refractivity contribution >= 4 is 27.4 Å². The lowest BCUT2D eigenvalue weighted by atomic mass is 10.1. The van der Waals surface area contributed by atoms with Gasteiger partial charge in [-0.3, -0.25) is 4.79 Å². The van der Waals surface area contributed by atoms with E-state index in [0.29, 0.717) is 17.7 Å². The number of Topliss-reactive ketones (excluding diaryl/α,β-unsaturated/α-hetero) is 1. The van der Waals surface area contributed by atoms with Crippen LogP contribution in [0.2, 0.25) is 0 Å². The topological polar surface area (TPSA) is 43.1 Å². The summed E-state index contributed by atoms with van der Waals surface area (Å²) in [5.74, 6) is 0.172. The first-order valence-corrected chi connectivity index (χ1v) is 5.52. The van der Waals surface area contributed by atoms with Crippen molar-refractivity contribution in [2.75, 3.05) is 5.73 Å². The number of rotatable bonds is 4. The molecule has 0 radical (unpaired) electrons. The summed E-state index contributed by atoms with van der Waals surface area (Å²) in [7, 11) is 0. The van der Waals surface area contributed by atoms with Gasteiger partial charge in [0, 0.05) is 22.1 Å². The third-order valence-corrected chi connectivity index (χ3v) is 2.80. The molecule has 0 atom stereocenters. The van der Waals surface area contributed by atoms with Gasteiger partial charge in [-0.25, -0.2) is 0 Å². The van der Waals surface area contributed by atoms with Crippen molar-refractivity contribution in [1.29, 1.82) is 0 Å². The third-order valence-electron chi connectivity index (χ3n) is 2.08. The quantitative estimate of drug-likeness (QED) is 0.662. The maximum absolute atomic E-state index is 11.6. The second kappa shape index (κ2) is 5.15. The van der Waals surface area contributed by atoms with Gasteiger partial charge >= 0.3 is 0 Å². The van der Waals surface area contributed by atoms with Crippen LogP contribution in [0.4, 0.5) is 5.69 Å². The zero-order chi connectivity index (χ0) is 10.6. The van der Waals surface area contributed by atoms with Gasteiger partial charge in [0.25, 0.3) is 0 Å². The lowest BCUT2D eigenvalue weighted by Crippen LogP contribution is -2.00. The molecule has 0 saturated heterocycles. The first-order valence-electron chi connectivity index (χ1n) is 4.73. The predicted molar refractivity (Wildman–Crippen MR) is 62.4 cm³/mol. The number of hydrogen-bond donors (Lipinski definition) is 1. The predicted octanol–water partition coefficient (Wildman–Crippen LogP) is 3.40. The Morgan fingerprint density at radius 2 is 2.21 bits per heavy atom. The van der Waals surface area contributed by atoms with Crippen LogP contribution < -0.4 is 5.73 Å². The average Bonchev–Trinajstić information content (AvgIpc) is 2.18. The standard InChI is InChI=1S/C11H14BrNO/c1-2-3-4-11(14)8-5-6-9(12)10(13)7-8/h5-7H,2-4,13H2,1H3. The second-order valence-corrected chi connectivity index (χ2v) is 4.12. The molecule has 0 amide bonds. The molecule has 0 bridgehead atoms. The normalized spacial score (nSPS) is 10.1. The van der Waals surface area contributed by atoms with Crippen LogP contribution in [0.5, 0.6) is 0 Å². The molecule has 0 aliphatic heterocycles. The summed E-state index contributed by atoms with van der Waals surface area (Å²) in [5.41, 5.74) is 7.01. The average molecular weight is 256 g/mol. The smallest absolute Gasteiger partial charge is 0.162 e. The van der Waals surface area contributed by atoms with E-state index >= 15 is 0 Å². The monoisotopic (exact) mass is 255 g/mol. The van der Waals surface area contributed by atoms with E-state index in [9.17, 15) is 4.79 Å². The molecule has 1 aromatic carbocycles. The maximum atomic E-state index is 11.6. The van der Waals surface area contributed by atoms with Crippen LogP contribution >= 0.6 is 15.9 Å². The lowest BCUT2D eigenvalue weighted by Gasteiger charge is -2.02. The van der Waals surface area contributed by atoms with E-state index in [0.717, 1.165) is 17.3 Å². The molecule has 0 aliphatic carbocycles. The number of hydrogen-bond acceptors (Lipinski definition) is 2. The highest BCUT2D eigenvalue weighted by molar-refractivity contribution is 9.10. The summed E-state index contributed by atoms with van der Waals surface area (Å²) in [5, 5.41) is 0. The van der Waals surface area contributed by atoms with Gasteiger partial charge in [-0.15, -0.1) is 0 Å². The van der Waals surface area contributed by atoms with Crippen molar-refractivity contribution in [3.63, 3.8) is 0 Å². The van der Waals surface area contributed by atoms with Crippen LogP contribution in [0, 0.1) is 0 Å². The minimum absolute atomic E-state index is 0.172. The van der Waals surface area contributed by atoms with E-state index in [2.05, 4.69) is 22.9 Å². The molecule has 1 aromatic rings. The number of ketones is 1. The molecule has 1 rings (SSSR count). The maximum Gasteiger partial charge on any atom is 0.162 e. The highest BCUT2D eigenvalue weighted by Crippen LogP contribution is 2.21. The van der Waals surface area contributed by atoms with Gasteiger partial charge in [-0.05, 0) is 34.5 Å². The molecule has 0 aliphatic rings. The molecule has 0 fully saturated rings. The Labute approximate surface area is 92.6 Å². The van der Waals surface area contributed by atoms with Crippen LogP contribution in [0.25, 0.3) is 0 Å². The van der Waals surface area contributed by atoms with Crippen molar-refractivity contribution in [1.82, 2.24) is 0 Å².